The topological polar surface area (TPSA) is 40.5 Å². The predicted octanol–water partition coefficient (Wildman–Crippen LogP) is 3.41. The van der Waals surface area contributed by atoms with Gasteiger partial charge in [-0.3, -0.25) is 0 Å². The summed E-state index contributed by atoms with van der Waals surface area (Å²) in [4.78, 5) is 0. The molecule has 0 saturated carbocycles. The standard InChI is InChI=1S/C17H15AsO2/c18-10-13-8-12(11-4-2-1-3-5-11)9-15-14(13)6-7-16(19)17(15)20/h1-8,12,19-20H,9-10H2. The van der Waals surface area contributed by atoms with Gasteiger partial charge in [-0.25, -0.2) is 0 Å². The summed E-state index contributed by atoms with van der Waals surface area (Å²) in [5, 5.41) is 20.7. The van der Waals surface area contributed by atoms with Crippen molar-refractivity contribution in [3.63, 3.8) is 0 Å². The molecule has 0 amide bonds. The molecule has 2 radical (unpaired) electrons. The fourth-order valence-electron chi connectivity index (χ4n) is 2.80. The Morgan fingerprint density at radius 2 is 1.80 bits per heavy atom. The molecule has 0 aliphatic heterocycles. The Bertz CT molecular complexity index is 662. The molecule has 0 fully saturated rings. The number of aromatic hydroxyl groups is 2. The molecule has 0 saturated heterocycles. The van der Waals surface area contributed by atoms with Crippen LogP contribution in [0.3, 0.4) is 0 Å². The van der Waals surface area contributed by atoms with Crippen molar-refractivity contribution in [1.82, 2.24) is 0 Å². The van der Waals surface area contributed by atoms with Crippen LogP contribution in [0.15, 0.2) is 48.5 Å². The van der Waals surface area contributed by atoms with E-state index < -0.39 is 0 Å². The van der Waals surface area contributed by atoms with Gasteiger partial charge >= 0.3 is 127 Å². The summed E-state index contributed by atoms with van der Waals surface area (Å²) >= 11 is 2.58. The number of phenolic OH excluding ortho intramolecular Hbond substituents is 2. The average Bonchev–Trinajstić information content (AvgIpc) is 2.51. The van der Waals surface area contributed by atoms with Crippen molar-refractivity contribution in [2.45, 2.75) is 17.5 Å². The van der Waals surface area contributed by atoms with Gasteiger partial charge in [-0.15, -0.1) is 0 Å². The van der Waals surface area contributed by atoms with Gasteiger partial charge in [-0.05, 0) is 0 Å². The van der Waals surface area contributed by atoms with Gasteiger partial charge in [-0.1, -0.05) is 0 Å². The van der Waals surface area contributed by atoms with E-state index in [4.69, 9.17) is 0 Å². The van der Waals surface area contributed by atoms with Crippen LogP contribution in [0.25, 0.3) is 5.57 Å². The molecule has 100 valence electrons. The zero-order valence-electron chi connectivity index (χ0n) is 11.0. The van der Waals surface area contributed by atoms with Crippen LogP contribution in [0, 0.1) is 0 Å². The number of hydrogen-bond acceptors (Lipinski definition) is 2. The van der Waals surface area contributed by atoms with E-state index in [0.29, 0.717) is 0 Å². The van der Waals surface area contributed by atoms with Crippen LogP contribution in [0.1, 0.15) is 22.6 Å². The number of benzene rings is 2. The first kappa shape index (κ1) is 13.3. The molecule has 0 heterocycles. The number of rotatable bonds is 2. The number of fused-ring (bicyclic) bond motifs is 1. The van der Waals surface area contributed by atoms with Crippen molar-refractivity contribution in [3.8, 4) is 11.5 Å². The van der Waals surface area contributed by atoms with E-state index in [1.165, 1.54) is 11.1 Å². The van der Waals surface area contributed by atoms with Gasteiger partial charge < -0.3 is 0 Å². The molecule has 20 heavy (non-hydrogen) atoms. The second kappa shape index (κ2) is 5.38. The Morgan fingerprint density at radius 1 is 1.05 bits per heavy atom. The summed E-state index contributed by atoms with van der Waals surface area (Å²) in [5.41, 5.74) is 4.34. The third kappa shape index (κ3) is 2.25. The monoisotopic (exact) mass is 326 g/mol. The summed E-state index contributed by atoms with van der Waals surface area (Å²) in [5.74, 6) is 0.230. The van der Waals surface area contributed by atoms with Crippen LogP contribution in [0.5, 0.6) is 11.5 Å². The Labute approximate surface area is 127 Å². The zero-order chi connectivity index (χ0) is 14.1. The fraction of sp³-hybridized carbons (Fsp3) is 0.176. The van der Waals surface area contributed by atoms with E-state index in [2.05, 4.69) is 35.1 Å². The molecule has 1 atom stereocenters. The van der Waals surface area contributed by atoms with Gasteiger partial charge in [-0.2, -0.15) is 0 Å². The molecule has 2 nitrogen and oxygen atoms in total. The Kier molecular flexibility index (Phi) is 3.58. The average molecular weight is 326 g/mol. The molecule has 3 heteroatoms. The van der Waals surface area contributed by atoms with Gasteiger partial charge in [0.05, 0.1) is 0 Å². The second-order valence-corrected chi connectivity index (χ2v) is 5.69. The normalized spacial score (nSPS) is 17.4. The van der Waals surface area contributed by atoms with Crippen molar-refractivity contribution in [3.05, 3.63) is 65.2 Å². The molecular weight excluding hydrogens is 311 g/mol. The minimum absolute atomic E-state index is 0.0231. The van der Waals surface area contributed by atoms with E-state index in [1.807, 2.05) is 24.3 Å². The fourth-order valence-corrected chi connectivity index (χ4v) is 3.37. The number of allylic oxidation sites excluding steroid dienone is 2. The molecule has 2 aromatic rings. The molecule has 2 N–H and O–H groups in total. The van der Waals surface area contributed by atoms with Crippen LogP contribution in [0.4, 0.5) is 0 Å². The third-order valence-electron chi connectivity index (χ3n) is 3.83. The molecule has 2 aromatic carbocycles. The molecule has 0 bridgehead atoms. The van der Waals surface area contributed by atoms with Crippen LogP contribution in [-0.4, -0.2) is 27.1 Å². The van der Waals surface area contributed by atoms with Gasteiger partial charge in [0.1, 0.15) is 0 Å². The van der Waals surface area contributed by atoms with Gasteiger partial charge in [0.25, 0.3) is 0 Å². The maximum absolute atomic E-state index is 10.1. The minimum atomic E-state index is -0.0394. The first-order chi connectivity index (χ1) is 9.70. The van der Waals surface area contributed by atoms with Gasteiger partial charge in [0, 0.05) is 0 Å². The molecule has 1 unspecified atom stereocenters. The summed E-state index contributed by atoms with van der Waals surface area (Å²) in [6.45, 7) is 0. The summed E-state index contributed by atoms with van der Waals surface area (Å²) in [6.07, 6.45) is 2.99. The van der Waals surface area contributed by atoms with Crippen LogP contribution in [-0.2, 0) is 6.42 Å². The van der Waals surface area contributed by atoms with Crippen LogP contribution >= 0.6 is 0 Å². The molecular formula is C17H15AsO2. The Hall–Kier alpha value is -1.66. The third-order valence-corrected chi connectivity index (χ3v) is 4.55. The number of hydrogen-bond donors (Lipinski definition) is 2. The van der Waals surface area contributed by atoms with Crippen LogP contribution < -0.4 is 0 Å². The van der Waals surface area contributed by atoms with E-state index in [0.717, 1.165) is 22.8 Å². The summed E-state index contributed by atoms with van der Waals surface area (Å²) in [7, 11) is 0. The first-order valence-corrected chi connectivity index (χ1v) is 7.94. The van der Waals surface area contributed by atoms with Crippen molar-refractivity contribution in [2.24, 2.45) is 0 Å². The quantitative estimate of drug-likeness (QED) is 0.656. The summed E-state index contributed by atoms with van der Waals surface area (Å²) < 4.78 is 0. The summed E-state index contributed by atoms with van der Waals surface area (Å²) in [6, 6.07) is 13.7. The van der Waals surface area contributed by atoms with E-state index in [-0.39, 0.29) is 17.4 Å². The Balaban J connectivity index is 2.10. The van der Waals surface area contributed by atoms with E-state index in [1.54, 1.807) is 6.07 Å². The van der Waals surface area contributed by atoms with Crippen molar-refractivity contribution >= 4 is 22.4 Å². The van der Waals surface area contributed by atoms with Gasteiger partial charge in [0.2, 0.25) is 0 Å². The predicted molar refractivity (Wildman–Crippen MR) is 81.2 cm³/mol. The van der Waals surface area contributed by atoms with E-state index in [9.17, 15) is 10.2 Å². The van der Waals surface area contributed by atoms with Gasteiger partial charge in [0.15, 0.2) is 0 Å². The molecule has 3 rings (SSSR count). The Morgan fingerprint density at radius 3 is 2.50 bits per heavy atom. The van der Waals surface area contributed by atoms with Crippen molar-refractivity contribution in [2.75, 3.05) is 0 Å². The SMILES string of the molecule is Oc1ccc2c(c1O)CC(c1ccccc1)C=C2C[As]. The maximum atomic E-state index is 10.1. The second-order valence-electron chi connectivity index (χ2n) is 5.03. The number of phenols is 2. The van der Waals surface area contributed by atoms with Crippen molar-refractivity contribution in [1.29, 1.82) is 0 Å². The molecule has 1 aliphatic carbocycles. The molecule has 0 aromatic heterocycles. The first-order valence-electron chi connectivity index (χ1n) is 6.61. The zero-order valence-corrected chi connectivity index (χ0v) is 12.8. The van der Waals surface area contributed by atoms with Crippen molar-refractivity contribution < 1.29 is 10.2 Å². The van der Waals surface area contributed by atoms with E-state index >= 15 is 0 Å². The molecule has 0 spiro atoms. The van der Waals surface area contributed by atoms with Crippen LogP contribution in [0.2, 0.25) is 5.21 Å². The molecule has 1 aliphatic rings.